The summed E-state index contributed by atoms with van der Waals surface area (Å²) >= 11 is 0. The Kier molecular flexibility index (Phi) is 3.46. The van der Waals surface area contributed by atoms with Crippen LogP contribution in [0.15, 0.2) is 59.1 Å². The van der Waals surface area contributed by atoms with Crippen molar-refractivity contribution >= 4 is 5.69 Å². The lowest BCUT2D eigenvalue weighted by molar-refractivity contribution is 0.384. The topological polar surface area (TPSA) is 51.0 Å². The Bertz CT molecular complexity index is 692. The van der Waals surface area contributed by atoms with Gasteiger partial charge < -0.3 is 9.84 Å². The molecular formula is C16H15N3O. The number of anilines is 1. The molecule has 100 valence electrons. The van der Waals surface area contributed by atoms with Gasteiger partial charge in [0.25, 0.3) is 0 Å². The van der Waals surface area contributed by atoms with Crippen molar-refractivity contribution in [1.29, 1.82) is 0 Å². The van der Waals surface area contributed by atoms with Gasteiger partial charge in [-0.15, -0.1) is 0 Å². The zero-order chi connectivity index (χ0) is 13.8. The van der Waals surface area contributed by atoms with Gasteiger partial charge in [-0.25, -0.2) is 0 Å². The highest BCUT2D eigenvalue weighted by molar-refractivity contribution is 5.59. The van der Waals surface area contributed by atoms with Gasteiger partial charge in [0, 0.05) is 11.3 Å². The third-order valence-electron chi connectivity index (χ3n) is 3.07. The summed E-state index contributed by atoms with van der Waals surface area (Å²) in [4.78, 5) is 4.42. The molecule has 0 saturated heterocycles. The highest BCUT2D eigenvalue weighted by Crippen LogP contribution is 2.20. The molecule has 2 aromatic carbocycles. The summed E-state index contributed by atoms with van der Waals surface area (Å²) in [6.07, 6.45) is 0. The molecule has 1 aromatic heterocycles. The number of nitrogens with zero attached hydrogens (tertiary/aromatic N) is 2. The van der Waals surface area contributed by atoms with E-state index in [0.717, 1.165) is 16.8 Å². The molecule has 20 heavy (non-hydrogen) atoms. The molecule has 4 nitrogen and oxygen atoms in total. The summed E-state index contributed by atoms with van der Waals surface area (Å²) in [7, 11) is 0. The van der Waals surface area contributed by atoms with Crippen LogP contribution in [0, 0.1) is 6.92 Å². The number of rotatable bonds is 4. The molecule has 0 spiro atoms. The lowest BCUT2D eigenvalue weighted by Gasteiger charge is -2.01. The third kappa shape index (κ3) is 2.69. The largest absolute Gasteiger partial charge is 0.376 e. The minimum Gasteiger partial charge on any atom is -0.376 e. The fourth-order valence-electron chi connectivity index (χ4n) is 1.99. The van der Waals surface area contributed by atoms with E-state index in [1.807, 2.05) is 61.5 Å². The standard InChI is InChI=1S/C16H15N3O/c1-12-7-5-6-10-14(12)16-18-15(20-19-16)11-17-13-8-3-2-4-9-13/h2-10,17H,11H2,1H3. The van der Waals surface area contributed by atoms with E-state index in [0.29, 0.717) is 18.3 Å². The van der Waals surface area contributed by atoms with Gasteiger partial charge in [-0.05, 0) is 24.6 Å². The average molecular weight is 265 g/mol. The first-order chi connectivity index (χ1) is 9.83. The van der Waals surface area contributed by atoms with E-state index in [4.69, 9.17) is 4.52 Å². The zero-order valence-corrected chi connectivity index (χ0v) is 11.2. The molecule has 0 aliphatic rings. The van der Waals surface area contributed by atoms with Crippen molar-refractivity contribution in [3.05, 3.63) is 66.1 Å². The van der Waals surface area contributed by atoms with Crippen LogP contribution in [0.3, 0.4) is 0 Å². The molecule has 0 aliphatic carbocycles. The Labute approximate surface area is 117 Å². The van der Waals surface area contributed by atoms with Crippen LogP contribution in [-0.4, -0.2) is 10.1 Å². The molecule has 0 amide bonds. The van der Waals surface area contributed by atoms with Crippen LogP contribution in [-0.2, 0) is 6.54 Å². The van der Waals surface area contributed by atoms with Crippen LogP contribution in [0.25, 0.3) is 11.4 Å². The van der Waals surface area contributed by atoms with Crippen molar-refractivity contribution in [3.8, 4) is 11.4 Å². The molecule has 0 bridgehead atoms. The Morgan fingerprint density at radius 2 is 1.75 bits per heavy atom. The smallest absolute Gasteiger partial charge is 0.246 e. The van der Waals surface area contributed by atoms with Gasteiger partial charge in [0.2, 0.25) is 11.7 Å². The molecule has 0 fully saturated rings. The first kappa shape index (κ1) is 12.4. The first-order valence-electron chi connectivity index (χ1n) is 6.50. The second-order valence-electron chi connectivity index (χ2n) is 4.55. The number of hydrogen-bond donors (Lipinski definition) is 1. The Balaban J connectivity index is 1.73. The molecule has 0 unspecified atom stereocenters. The maximum Gasteiger partial charge on any atom is 0.246 e. The number of aryl methyl sites for hydroxylation is 1. The predicted molar refractivity (Wildman–Crippen MR) is 78.2 cm³/mol. The SMILES string of the molecule is Cc1ccccc1-c1noc(CNc2ccccc2)n1. The maximum atomic E-state index is 5.27. The van der Waals surface area contributed by atoms with Gasteiger partial charge in [-0.3, -0.25) is 0 Å². The van der Waals surface area contributed by atoms with Crippen LogP contribution in [0.5, 0.6) is 0 Å². The fourth-order valence-corrected chi connectivity index (χ4v) is 1.99. The average Bonchev–Trinajstić information content (AvgIpc) is 2.95. The summed E-state index contributed by atoms with van der Waals surface area (Å²) in [5, 5.41) is 7.28. The third-order valence-corrected chi connectivity index (χ3v) is 3.07. The quantitative estimate of drug-likeness (QED) is 0.782. The minimum absolute atomic E-state index is 0.517. The van der Waals surface area contributed by atoms with Gasteiger partial charge in [-0.1, -0.05) is 47.6 Å². The van der Waals surface area contributed by atoms with Crippen molar-refractivity contribution < 1.29 is 4.52 Å². The molecule has 1 heterocycles. The van der Waals surface area contributed by atoms with E-state index in [9.17, 15) is 0 Å². The summed E-state index contributed by atoms with van der Waals surface area (Å²) < 4.78 is 5.27. The van der Waals surface area contributed by atoms with E-state index < -0.39 is 0 Å². The minimum atomic E-state index is 0.517. The first-order valence-corrected chi connectivity index (χ1v) is 6.50. The van der Waals surface area contributed by atoms with Crippen LogP contribution in [0.1, 0.15) is 11.5 Å². The number of benzene rings is 2. The molecule has 1 N–H and O–H groups in total. The number of para-hydroxylation sites is 1. The molecular weight excluding hydrogens is 250 g/mol. The summed E-state index contributed by atoms with van der Waals surface area (Å²) in [5.74, 6) is 1.21. The maximum absolute atomic E-state index is 5.27. The second-order valence-corrected chi connectivity index (χ2v) is 4.55. The molecule has 0 atom stereocenters. The number of aromatic nitrogens is 2. The van der Waals surface area contributed by atoms with Crippen LogP contribution in [0.2, 0.25) is 0 Å². The molecule has 0 radical (unpaired) electrons. The van der Waals surface area contributed by atoms with E-state index in [1.165, 1.54) is 0 Å². The molecule has 3 aromatic rings. The molecule has 0 saturated carbocycles. The van der Waals surface area contributed by atoms with Crippen LogP contribution < -0.4 is 5.32 Å². The Hall–Kier alpha value is -2.62. The summed E-state index contributed by atoms with van der Waals surface area (Å²) in [6, 6.07) is 17.9. The van der Waals surface area contributed by atoms with Crippen molar-refractivity contribution in [2.75, 3.05) is 5.32 Å². The van der Waals surface area contributed by atoms with Crippen molar-refractivity contribution in [2.24, 2.45) is 0 Å². The zero-order valence-electron chi connectivity index (χ0n) is 11.2. The van der Waals surface area contributed by atoms with Crippen molar-refractivity contribution in [3.63, 3.8) is 0 Å². The predicted octanol–water partition coefficient (Wildman–Crippen LogP) is 3.66. The van der Waals surface area contributed by atoms with Crippen LogP contribution >= 0.6 is 0 Å². The van der Waals surface area contributed by atoms with Gasteiger partial charge in [0.1, 0.15) is 0 Å². The molecule has 0 aliphatic heterocycles. The summed E-state index contributed by atoms with van der Waals surface area (Å²) in [6.45, 7) is 2.55. The Morgan fingerprint density at radius 3 is 2.55 bits per heavy atom. The van der Waals surface area contributed by atoms with Gasteiger partial charge in [0.15, 0.2) is 0 Å². The van der Waals surface area contributed by atoms with Crippen LogP contribution in [0.4, 0.5) is 5.69 Å². The van der Waals surface area contributed by atoms with E-state index in [-0.39, 0.29) is 0 Å². The molecule has 4 heteroatoms. The second kappa shape index (κ2) is 5.57. The number of nitrogens with one attached hydrogen (secondary N) is 1. The van der Waals surface area contributed by atoms with Crippen molar-refractivity contribution in [2.45, 2.75) is 13.5 Å². The highest BCUT2D eigenvalue weighted by atomic mass is 16.5. The van der Waals surface area contributed by atoms with Gasteiger partial charge >= 0.3 is 0 Å². The number of hydrogen-bond acceptors (Lipinski definition) is 4. The summed E-state index contributed by atoms with van der Waals surface area (Å²) in [5.41, 5.74) is 3.17. The Morgan fingerprint density at radius 1 is 1.00 bits per heavy atom. The molecule has 3 rings (SSSR count). The lowest BCUT2D eigenvalue weighted by atomic mass is 10.1. The monoisotopic (exact) mass is 265 g/mol. The van der Waals surface area contributed by atoms with E-state index in [1.54, 1.807) is 0 Å². The van der Waals surface area contributed by atoms with Gasteiger partial charge in [0.05, 0.1) is 6.54 Å². The highest BCUT2D eigenvalue weighted by Gasteiger charge is 2.09. The normalized spacial score (nSPS) is 10.4. The van der Waals surface area contributed by atoms with E-state index in [2.05, 4.69) is 15.5 Å². The van der Waals surface area contributed by atoms with Crippen molar-refractivity contribution in [1.82, 2.24) is 10.1 Å². The van der Waals surface area contributed by atoms with E-state index >= 15 is 0 Å². The van der Waals surface area contributed by atoms with Gasteiger partial charge in [-0.2, -0.15) is 4.98 Å². The lowest BCUT2D eigenvalue weighted by Crippen LogP contribution is -1.99. The fraction of sp³-hybridized carbons (Fsp3) is 0.125.